The zero-order valence-electron chi connectivity index (χ0n) is 11.7. The minimum absolute atomic E-state index is 0.195. The van der Waals surface area contributed by atoms with E-state index in [1.165, 1.54) is 18.5 Å². The van der Waals surface area contributed by atoms with Crippen LogP contribution in [0.25, 0.3) is 0 Å². The summed E-state index contributed by atoms with van der Waals surface area (Å²) in [6.07, 6.45) is 2.43. The molecule has 4 nitrogen and oxygen atoms in total. The van der Waals surface area contributed by atoms with Gasteiger partial charge in [0.1, 0.15) is 23.8 Å². The third-order valence-corrected chi connectivity index (χ3v) is 3.47. The van der Waals surface area contributed by atoms with E-state index >= 15 is 0 Å². The van der Waals surface area contributed by atoms with Crippen molar-refractivity contribution in [2.24, 2.45) is 0 Å². The standard InChI is InChI=1S/C14H15Cl2FN4/c1-3-4-18-13-8(2)14(20-7-19-13)21-12-10(15)5-9(17)6-11(12)16/h5-7H,3-4H2,1-2H3,(H2,18,19,20,21). The Kier molecular flexibility index (Phi) is 5.20. The maximum absolute atomic E-state index is 13.2. The van der Waals surface area contributed by atoms with E-state index in [0.29, 0.717) is 11.5 Å². The van der Waals surface area contributed by atoms with Gasteiger partial charge in [-0.25, -0.2) is 14.4 Å². The first-order chi connectivity index (χ1) is 10.0. The predicted molar refractivity (Wildman–Crippen MR) is 85.3 cm³/mol. The van der Waals surface area contributed by atoms with E-state index in [2.05, 4.69) is 27.5 Å². The van der Waals surface area contributed by atoms with Crippen LogP contribution in [0.15, 0.2) is 18.5 Å². The Labute approximate surface area is 132 Å². The van der Waals surface area contributed by atoms with Crippen LogP contribution in [0.3, 0.4) is 0 Å². The van der Waals surface area contributed by atoms with Crippen molar-refractivity contribution >= 4 is 40.5 Å². The topological polar surface area (TPSA) is 49.8 Å². The highest BCUT2D eigenvalue weighted by atomic mass is 35.5. The Hall–Kier alpha value is -1.59. The summed E-state index contributed by atoms with van der Waals surface area (Å²) in [6, 6.07) is 2.39. The van der Waals surface area contributed by atoms with Gasteiger partial charge in [0.15, 0.2) is 0 Å². The molecule has 0 saturated heterocycles. The fourth-order valence-corrected chi connectivity index (χ4v) is 2.33. The van der Waals surface area contributed by atoms with Crippen molar-refractivity contribution in [3.05, 3.63) is 39.9 Å². The number of aromatic nitrogens is 2. The Balaban J connectivity index is 2.32. The van der Waals surface area contributed by atoms with Crippen molar-refractivity contribution in [2.75, 3.05) is 17.2 Å². The minimum atomic E-state index is -0.486. The van der Waals surface area contributed by atoms with E-state index in [4.69, 9.17) is 23.2 Å². The molecule has 7 heteroatoms. The van der Waals surface area contributed by atoms with Gasteiger partial charge in [-0.15, -0.1) is 0 Å². The smallest absolute Gasteiger partial charge is 0.138 e. The molecule has 0 bridgehead atoms. The minimum Gasteiger partial charge on any atom is -0.370 e. The van der Waals surface area contributed by atoms with Gasteiger partial charge in [0.05, 0.1) is 15.7 Å². The summed E-state index contributed by atoms with van der Waals surface area (Å²) in [5.41, 5.74) is 1.25. The lowest BCUT2D eigenvalue weighted by atomic mass is 10.2. The van der Waals surface area contributed by atoms with Gasteiger partial charge < -0.3 is 10.6 Å². The van der Waals surface area contributed by atoms with E-state index in [9.17, 15) is 4.39 Å². The molecule has 0 spiro atoms. The van der Waals surface area contributed by atoms with E-state index in [1.807, 2.05) is 6.92 Å². The number of nitrogens with one attached hydrogen (secondary N) is 2. The average molecular weight is 329 g/mol. The highest BCUT2D eigenvalue weighted by Gasteiger charge is 2.12. The molecule has 0 saturated carbocycles. The highest BCUT2D eigenvalue weighted by Crippen LogP contribution is 2.34. The Morgan fingerprint density at radius 2 is 1.76 bits per heavy atom. The number of nitrogens with zero attached hydrogens (tertiary/aromatic N) is 2. The third kappa shape index (κ3) is 3.74. The molecule has 0 unspecified atom stereocenters. The van der Waals surface area contributed by atoms with Crippen LogP contribution >= 0.6 is 23.2 Å². The first-order valence-corrected chi connectivity index (χ1v) is 7.25. The lowest BCUT2D eigenvalue weighted by Gasteiger charge is -2.14. The number of benzene rings is 1. The van der Waals surface area contributed by atoms with Gasteiger partial charge in [0, 0.05) is 12.1 Å². The van der Waals surface area contributed by atoms with Crippen LogP contribution in [0.4, 0.5) is 21.7 Å². The number of hydrogen-bond donors (Lipinski definition) is 2. The molecule has 0 aliphatic rings. The normalized spacial score (nSPS) is 10.5. The molecule has 2 aromatic rings. The van der Waals surface area contributed by atoms with Gasteiger partial charge in [0.25, 0.3) is 0 Å². The molecule has 0 aliphatic carbocycles. The molecule has 0 aliphatic heterocycles. The molecule has 2 N–H and O–H groups in total. The van der Waals surface area contributed by atoms with Crippen molar-refractivity contribution in [1.29, 1.82) is 0 Å². The van der Waals surface area contributed by atoms with Gasteiger partial charge in [-0.05, 0) is 25.5 Å². The summed E-state index contributed by atoms with van der Waals surface area (Å²) < 4.78 is 13.2. The van der Waals surface area contributed by atoms with Crippen molar-refractivity contribution < 1.29 is 4.39 Å². The fraction of sp³-hybridized carbons (Fsp3) is 0.286. The van der Waals surface area contributed by atoms with Crippen LogP contribution in [0, 0.1) is 12.7 Å². The molecule has 1 aromatic heterocycles. The fourth-order valence-electron chi connectivity index (χ4n) is 1.78. The molecule has 21 heavy (non-hydrogen) atoms. The Morgan fingerprint density at radius 3 is 2.38 bits per heavy atom. The van der Waals surface area contributed by atoms with Gasteiger partial charge in [0.2, 0.25) is 0 Å². The molecule has 0 fully saturated rings. The zero-order valence-corrected chi connectivity index (χ0v) is 13.2. The largest absolute Gasteiger partial charge is 0.370 e. The summed E-state index contributed by atoms with van der Waals surface area (Å²) in [5.74, 6) is 0.822. The maximum atomic E-state index is 13.2. The highest BCUT2D eigenvalue weighted by molar-refractivity contribution is 6.39. The third-order valence-electron chi connectivity index (χ3n) is 2.88. The Bertz CT molecular complexity index is 626. The number of rotatable bonds is 5. The van der Waals surface area contributed by atoms with Crippen molar-refractivity contribution in [3.63, 3.8) is 0 Å². The van der Waals surface area contributed by atoms with E-state index < -0.39 is 5.82 Å². The van der Waals surface area contributed by atoms with Gasteiger partial charge in [-0.3, -0.25) is 0 Å². The summed E-state index contributed by atoms with van der Waals surface area (Å²) in [5, 5.41) is 6.63. The molecule has 0 atom stereocenters. The first-order valence-electron chi connectivity index (χ1n) is 6.50. The second kappa shape index (κ2) is 6.91. The Morgan fingerprint density at radius 1 is 1.14 bits per heavy atom. The summed E-state index contributed by atoms with van der Waals surface area (Å²) in [4.78, 5) is 8.36. The van der Waals surface area contributed by atoms with Crippen LogP contribution in [0.2, 0.25) is 10.0 Å². The van der Waals surface area contributed by atoms with Gasteiger partial charge in [-0.2, -0.15) is 0 Å². The number of anilines is 3. The van der Waals surface area contributed by atoms with Gasteiger partial charge >= 0.3 is 0 Å². The van der Waals surface area contributed by atoms with Gasteiger partial charge in [-0.1, -0.05) is 30.1 Å². The van der Waals surface area contributed by atoms with Crippen LogP contribution in [0.5, 0.6) is 0 Å². The summed E-state index contributed by atoms with van der Waals surface area (Å²) >= 11 is 12.0. The van der Waals surface area contributed by atoms with Crippen molar-refractivity contribution in [2.45, 2.75) is 20.3 Å². The molecular formula is C14H15Cl2FN4. The molecule has 1 heterocycles. The van der Waals surface area contributed by atoms with Crippen LogP contribution < -0.4 is 10.6 Å². The molecule has 0 radical (unpaired) electrons. The first kappa shape index (κ1) is 15.8. The monoisotopic (exact) mass is 328 g/mol. The van der Waals surface area contributed by atoms with E-state index in [1.54, 1.807) is 0 Å². The van der Waals surface area contributed by atoms with E-state index in [-0.39, 0.29) is 10.0 Å². The quantitative estimate of drug-likeness (QED) is 0.827. The van der Waals surface area contributed by atoms with Crippen LogP contribution in [-0.2, 0) is 0 Å². The predicted octanol–water partition coefficient (Wildman–Crippen LogP) is 4.80. The van der Waals surface area contributed by atoms with Crippen molar-refractivity contribution in [3.8, 4) is 0 Å². The molecular weight excluding hydrogens is 314 g/mol. The van der Waals surface area contributed by atoms with Crippen molar-refractivity contribution in [1.82, 2.24) is 9.97 Å². The van der Waals surface area contributed by atoms with Crippen LogP contribution in [0.1, 0.15) is 18.9 Å². The summed E-state index contributed by atoms with van der Waals surface area (Å²) in [6.45, 7) is 4.77. The summed E-state index contributed by atoms with van der Waals surface area (Å²) in [7, 11) is 0. The van der Waals surface area contributed by atoms with E-state index in [0.717, 1.165) is 24.3 Å². The molecule has 112 valence electrons. The number of hydrogen-bond acceptors (Lipinski definition) is 4. The molecule has 1 aromatic carbocycles. The second-order valence-electron chi connectivity index (χ2n) is 4.49. The lowest BCUT2D eigenvalue weighted by molar-refractivity contribution is 0.628. The molecule has 2 rings (SSSR count). The molecule has 0 amide bonds. The maximum Gasteiger partial charge on any atom is 0.138 e. The number of halogens is 3. The zero-order chi connectivity index (χ0) is 15.4. The second-order valence-corrected chi connectivity index (χ2v) is 5.31. The van der Waals surface area contributed by atoms with Crippen LogP contribution in [-0.4, -0.2) is 16.5 Å². The average Bonchev–Trinajstić information content (AvgIpc) is 2.43. The SMILES string of the molecule is CCCNc1ncnc(Nc2c(Cl)cc(F)cc2Cl)c1C. The lowest BCUT2D eigenvalue weighted by Crippen LogP contribution is -2.07.